The molecule has 1 unspecified atom stereocenters. The molecular formula is C14H20BrNO. The van der Waals surface area contributed by atoms with Crippen molar-refractivity contribution in [3.63, 3.8) is 0 Å². The Labute approximate surface area is 112 Å². The molecule has 1 aromatic rings. The Morgan fingerprint density at radius 3 is 2.94 bits per heavy atom. The maximum atomic E-state index is 5.27. The summed E-state index contributed by atoms with van der Waals surface area (Å²) in [6.07, 6.45) is 5.09. The first kappa shape index (κ1) is 13.1. The van der Waals surface area contributed by atoms with Gasteiger partial charge >= 0.3 is 0 Å². The number of hydrogen-bond acceptors (Lipinski definition) is 2. The largest absolute Gasteiger partial charge is 0.380 e. The fraction of sp³-hybridized carbons (Fsp3) is 0.571. The molecule has 0 radical (unpaired) electrons. The molecule has 1 fully saturated rings. The van der Waals surface area contributed by atoms with Crippen LogP contribution in [0.4, 0.5) is 0 Å². The molecule has 1 N–H and O–H groups in total. The molecule has 1 heterocycles. The minimum absolute atomic E-state index is 0.639. The van der Waals surface area contributed by atoms with Crippen molar-refractivity contribution in [3.8, 4) is 0 Å². The van der Waals surface area contributed by atoms with Gasteiger partial charge in [0.2, 0.25) is 0 Å². The van der Waals surface area contributed by atoms with Gasteiger partial charge in [-0.1, -0.05) is 28.4 Å². The van der Waals surface area contributed by atoms with Crippen LogP contribution in [0.25, 0.3) is 0 Å². The van der Waals surface area contributed by atoms with Gasteiger partial charge in [0, 0.05) is 17.6 Å². The number of nitrogens with one attached hydrogen (secondary N) is 1. The molecule has 0 saturated carbocycles. The van der Waals surface area contributed by atoms with Crippen LogP contribution in [0.5, 0.6) is 0 Å². The van der Waals surface area contributed by atoms with Crippen molar-refractivity contribution in [1.82, 2.24) is 5.32 Å². The summed E-state index contributed by atoms with van der Waals surface area (Å²) >= 11 is 3.52. The highest BCUT2D eigenvalue weighted by atomic mass is 79.9. The molecule has 0 amide bonds. The van der Waals surface area contributed by atoms with E-state index in [0.29, 0.717) is 12.6 Å². The second kappa shape index (κ2) is 6.53. The Morgan fingerprint density at radius 2 is 2.24 bits per heavy atom. The number of hydrogen-bond donors (Lipinski definition) is 1. The Kier molecular flexibility index (Phi) is 5.01. The Bertz CT molecular complexity index is 361. The van der Waals surface area contributed by atoms with Gasteiger partial charge in [0.25, 0.3) is 0 Å². The molecule has 1 aliphatic heterocycles. The van der Waals surface area contributed by atoms with Crippen LogP contribution in [0.1, 0.15) is 30.4 Å². The first-order valence-corrected chi connectivity index (χ1v) is 7.08. The van der Waals surface area contributed by atoms with Crippen molar-refractivity contribution in [2.24, 2.45) is 0 Å². The van der Waals surface area contributed by atoms with Crippen LogP contribution in [0.15, 0.2) is 22.7 Å². The number of rotatable bonds is 4. The molecule has 2 rings (SSSR count). The van der Waals surface area contributed by atoms with Crippen LogP contribution in [-0.4, -0.2) is 19.7 Å². The second-order valence-electron chi connectivity index (χ2n) is 4.70. The average Bonchev–Trinajstić information content (AvgIpc) is 2.34. The normalized spacial score (nSPS) is 20.5. The predicted octanol–water partition coefficient (Wildman–Crippen LogP) is 3.28. The van der Waals surface area contributed by atoms with Crippen LogP contribution in [-0.2, 0) is 17.8 Å². The van der Waals surface area contributed by atoms with Gasteiger partial charge in [0.15, 0.2) is 0 Å². The number of ether oxygens (including phenoxy) is 1. The third-order valence-electron chi connectivity index (χ3n) is 3.35. The molecule has 3 heteroatoms. The summed E-state index contributed by atoms with van der Waals surface area (Å²) in [5.41, 5.74) is 2.71. The lowest BCUT2D eigenvalue weighted by molar-refractivity contribution is 0.184. The van der Waals surface area contributed by atoms with E-state index in [9.17, 15) is 0 Å². The molecule has 0 spiro atoms. The van der Waals surface area contributed by atoms with Crippen molar-refractivity contribution in [2.45, 2.75) is 38.3 Å². The van der Waals surface area contributed by atoms with Crippen molar-refractivity contribution in [2.75, 3.05) is 13.7 Å². The van der Waals surface area contributed by atoms with Crippen molar-refractivity contribution < 1.29 is 4.74 Å². The van der Waals surface area contributed by atoms with Gasteiger partial charge in [-0.2, -0.15) is 0 Å². The molecule has 1 atom stereocenters. The smallest absolute Gasteiger partial charge is 0.0716 e. The summed E-state index contributed by atoms with van der Waals surface area (Å²) in [4.78, 5) is 0. The lowest BCUT2D eigenvalue weighted by Crippen LogP contribution is -2.35. The summed E-state index contributed by atoms with van der Waals surface area (Å²) in [5.74, 6) is 0. The quantitative estimate of drug-likeness (QED) is 0.921. The van der Waals surface area contributed by atoms with Gasteiger partial charge in [-0.05, 0) is 49.1 Å². The van der Waals surface area contributed by atoms with Gasteiger partial charge in [0.1, 0.15) is 0 Å². The Morgan fingerprint density at radius 1 is 1.35 bits per heavy atom. The van der Waals surface area contributed by atoms with E-state index in [0.717, 1.165) is 10.9 Å². The molecule has 17 heavy (non-hydrogen) atoms. The lowest BCUT2D eigenvalue weighted by Gasteiger charge is -2.24. The molecule has 0 aromatic heterocycles. The van der Waals surface area contributed by atoms with Gasteiger partial charge in [-0.3, -0.25) is 0 Å². The van der Waals surface area contributed by atoms with E-state index in [2.05, 4.69) is 39.4 Å². The Balaban J connectivity index is 2.07. The molecule has 0 bridgehead atoms. The Hall–Kier alpha value is -0.380. The van der Waals surface area contributed by atoms with Gasteiger partial charge in [-0.25, -0.2) is 0 Å². The summed E-state index contributed by atoms with van der Waals surface area (Å²) in [6.45, 7) is 1.86. The zero-order chi connectivity index (χ0) is 12.1. The van der Waals surface area contributed by atoms with E-state index in [-0.39, 0.29) is 0 Å². The van der Waals surface area contributed by atoms with Crippen molar-refractivity contribution >= 4 is 15.9 Å². The average molecular weight is 298 g/mol. The summed E-state index contributed by atoms with van der Waals surface area (Å²) in [6, 6.07) is 7.15. The van der Waals surface area contributed by atoms with Crippen LogP contribution in [0.2, 0.25) is 0 Å². The number of benzene rings is 1. The van der Waals surface area contributed by atoms with Crippen LogP contribution in [0.3, 0.4) is 0 Å². The van der Waals surface area contributed by atoms with E-state index >= 15 is 0 Å². The minimum Gasteiger partial charge on any atom is -0.380 e. The van der Waals surface area contributed by atoms with Gasteiger partial charge in [-0.15, -0.1) is 0 Å². The monoisotopic (exact) mass is 297 g/mol. The first-order chi connectivity index (χ1) is 8.29. The molecule has 0 aliphatic carbocycles. The highest BCUT2D eigenvalue weighted by molar-refractivity contribution is 9.10. The maximum Gasteiger partial charge on any atom is 0.0716 e. The van der Waals surface area contributed by atoms with Crippen LogP contribution in [0, 0.1) is 0 Å². The molecular weight excluding hydrogens is 278 g/mol. The number of halogens is 1. The fourth-order valence-electron chi connectivity index (χ4n) is 2.45. The third kappa shape index (κ3) is 3.80. The fourth-order valence-corrected chi connectivity index (χ4v) is 2.86. The molecule has 1 aliphatic rings. The highest BCUT2D eigenvalue weighted by Gasteiger charge is 2.14. The topological polar surface area (TPSA) is 21.3 Å². The zero-order valence-corrected chi connectivity index (χ0v) is 11.9. The first-order valence-electron chi connectivity index (χ1n) is 6.29. The molecule has 1 saturated heterocycles. The highest BCUT2D eigenvalue weighted by Crippen LogP contribution is 2.21. The number of piperidine rings is 1. The van der Waals surface area contributed by atoms with Gasteiger partial charge in [0.05, 0.1) is 6.61 Å². The van der Waals surface area contributed by atoms with Gasteiger partial charge < -0.3 is 10.1 Å². The maximum absolute atomic E-state index is 5.27. The summed E-state index contributed by atoms with van der Waals surface area (Å²) < 4.78 is 6.40. The minimum atomic E-state index is 0.639. The molecule has 2 nitrogen and oxygen atoms in total. The predicted molar refractivity (Wildman–Crippen MR) is 74.2 cm³/mol. The zero-order valence-electron chi connectivity index (χ0n) is 10.3. The summed E-state index contributed by atoms with van der Waals surface area (Å²) in [5, 5.41) is 3.60. The standard InChI is InChI=1S/C14H20BrNO/c1-17-10-12-8-13(15)6-5-11(12)9-14-4-2-3-7-16-14/h5-6,8,14,16H,2-4,7,9-10H2,1H3. The summed E-state index contributed by atoms with van der Waals surface area (Å²) in [7, 11) is 1.75. The SMILES string of the molecule is COCc1cc(Br)ccc1CC1CCCCN1. The van der Waals surface area contributed by atoms with Crippen molar-refractivity contribution in [1.29, 1.82) is 0 Å². The van der Waals surface area contributed by atoms with E-state index in [4.69, 9.17) is 4.74 Å². The molecule has 1 aromatic carbocycles. The number of methoxy groups -OCH3 is 1. The third-order valence-corrected chi connectivity index (χ3v) is 3.84. The van der Waals surface area contributed by atoms with E-state index < -0.39 is 0 Å². The van der Waals surface area contributed by atoms with Crippen LogP contribution < -0.4 is 5.32 Å². The van der Waals surface area contributed by atoms with Crippen molar-refractivity contribution in [3.05, 3.63) is 33.8 Å². The van der Waals surface area contributed by atoms with E-state index in [1.165, 1.54) is 36.9 Å². The lowest BCUT2D eigenvalue weighted by atomic mass is 9.95. The second-order valence-corrected chi connectivity index (χ2v) is 5.61. The molecule has 94 valence electrons. The van der Waals surface area contributed by atoms with Crippen LogP contribution >= 0.6 is 15.9 Å². The van der Waals surface area contributed by atoms with E-state index in [1.807, 2.05) is 0 Å². The van der Waals surface area contributed by atoms with E-state index in [1.54, 1.807) is 7.11 Å².